The summed E-state index contributed by atoms with van der Waals surface area (Å²) in [7, 11) is 0. The van der Waals surface area contributed by atoms with Gasteiger partial charge in [-0.25, -0.2) is 0 Å². The van der Waals surface area contributed by atoms with Crippen LogP contribution in [0.15, 0.2) is 235 Å². The molecule has 0 radical (unpaired) electrons. The van der Waals surface area contributed by atoms with Gasteiger partial charge in [0.25, 0.3) is 0 Å². The van der Waals surface area contributed by atoms with Crippen LogP contribution in [0.4, 0.5) is 17.1 Å². The predicted molar refractivity (Wildman–Crippen MR) is 257 cm³/mol. The molecule has 0 N–H and O–H groups in total. The molecule has 2 aromatic heterocycles. The van der Waals surface area contributed by atoms with Gasteiger partial charge in [-0.2, -0.15) is 0 Å². The number of nitrogens with zero attached hydrogens (tertiary/aromatic N) is 2. The zero-order valence-corrected chi connectivity index (χ0v) is 33.2. The van der Waals surface area contributed by atoms with Crippen LogP contribution in [0.3, 0.4) is 0 Å². The van der Waals surface area contributed by atoms with Crippen LogP contribution in [-0.4, -0.2) is 4.57 Å². The molecular formula is C58H38N2O. The van der Waals surface area contributed by atoms with E-state index in [0.29, 0.717) is 0 Å². The lowest BCUT2D eigenvalue weighted by molar-refractivity contribution is 0.670. The molecule has 61 heavy (non-hydrogen) atoms. The van der Waals surface area contributed by atoms with Crippen molar-refractivity contribution >= 4 is 71.6 Å². The molecule has 0 unspecified atom stereocenters. The van der Waals surface area contributed by atoms with E-state index in [1.165, 1.54) is 49.3 Å². The Labute approximate surface area is 353 Å². The summed E-state index contributed by atoms with van der Waals surface area (Å²) >= 11 is 0. The Balaban J connectivity index is 0.935. The Kier molecular flexibility index (Phi) is 8.17. The number of fused-ring (bicyclic) bond motifs is 7. The van der Waals surface area contributed by atoms with Gasteiger partial charge in [-0.05, 0) is 105 Å². The summed E-state index contributed by atoms with van der Waals surface area (Å²) in [6, 6.07) is 82.9. The van der Waals surface area contributed by atoms with Gasteiger partial charge in [0, 0.05) is 49.9 Å². The lowest BCUT2D eigenvalue weighted by Gasteiger charge is -2.26. The highest BCUT2D eigenvalue weighted by Crippen LogP contribution is 2.41. The molecule has 10 aromatic carbocycles. The van der Waals surface area contributed by atoms with Crippen LogP contribution in [0, 0.1) is 0 Å². The monoisotopic (exact) mass is 778 g/mol. The third-order valence-electron chi connectivity index (χ3n) is 12.2. The van der Waals surface area contributed by atoms with Crippen LogP contribution < -0.4 is 4.90 Å². The SMILES string of the molecule is c1cc(-c2ccc(N(c3ccc(-c4cccc5ccccc45)cc3)c3ccc(-c4cccc5c4oc4ccccc45)cc3)cc2)cc(-n2c3ccccc3c3ccccc32)c1. The van der Waals surface area contributed by atoms with Crippen LogP contribution in [0.2, 0.25) is 0 Å². The molecule has 0 spiro atoms. The second-order valence-corrected chi connectivity index (χ2v) is 15.7. The van der Waals surface area contributed by atoms with Crippen molar-refractivity contribution in [2.45, 2.75) is 0 Å². The van der Waals surface area contributed by atoms with Gasteiger partial charge in [0.1, 0.15) is 11.2 Å². The van der Waals surface area contributed by atoms with Gasteiger partial charge < -0.3 is 13.9 Å². The van der Waals surface area contributed by atoms with Crippen molar-refractivity contribution in [1.82, 2.24) is 4.57 Å². The van der Waals surface area contributed by atoms with Gasteiger partial charge >= 0.3 is 0 Å². The molecule has 0 fully saturated rings. The molecule has 2 heterocycles. The summed E-state index contributed by atoms with van der Waals surface area (Å²) in [4.78, 5) is 2.34. The Morgan fingerprint density at radius 2 is 0.820 bits per heavy atom. The number of para-hydroxylation sites is 4. The molecule has 0 saturated carbocycles. The number of anilines is 3. The molecule has 0 aliphatic rings. The normalized spacial score (nSPS) is 11.6. The molecule has 0 amide bonds. The summed E-state index contributed by atoms with van der Waals surface area (Å²) in [5.41, 5.74) is 15.5. The van der Waals surface area contributed by atoms with Crippen molar-refractivity contribution < 1.29 is 4.42 Å². The minimum absolute atomic E-state index is 0.904. The average Bonchev–Trinajstić information content (AvgIpc) is 3.88. The summed E-state index contributed by atoms with van der Waals surface area (Å²) in [5.74, 6) is 0. The minimum Gasteiger partial charge on any atom is -0.455 e. The number of rotatable bonds is 7. The Morgan fingerprint density at radius 1 is 0.328 bits per heavy atom. The maximum atomic E-state index is 6.43. The highest BCUT2D eigenvalue weighted by molar-refractivity contribution is 6.10. The van der Waals surface area contributed by atoms with E-state index in [1.54, 1.807) is 0 Å². The fraction of sp³-hybridized carbons (Fsp3) is 0. The van der Waals surface area contributed by atoms with Crippen molar-refractivity contribution in [2.24, 2.45) is 0 Å². The first-order valence-electron chi connectivity index (χ1n) is 20.8. The Hall–Kier alpha value is -8.14. The molecule has 12 rings (SSSR count). The van der Waals surface area contributed by atoms with E-state index in [2.05, 4.69) is 228 Å². The van der Waals surface area contributed by atoms with Crippen LogP contribution in [0.5, 0.6) is 0 Å². The van der Waals surface area contributed by atoms with Gasteiger partial charge in [-0.1, -0.05) is 164 Å². The second kappa shape index (κ2) is 14.3. The molecule has 3 heteroatoms. The average molecular weight is 779 g/mol. The van der Waals surface area contributed by atoms with Gasteiger partial charge in [0.05, 0.1) is 11.0 Å². The van der Waals surface area contributed by atoms with Gasteiger partial charge in [-0.15, -0.1) is 0 Å². The van der Waals surface area contributed by atoms with Gasteiger partial charge in [0.15, 0.2) is 0 Å². The van der Waals surface area contributed by atoms with Crippen molar-refractivity contribution in [3.05, 3.63) is 231 Å². The maximum absolute atomic E-state index is 6.43. The molecular weight excluding hydrogens is 741 g/mol. The lowest BCUT2D eigenvalue weighted by atomic mass is 9.98. The minimum atomic E-state index is 0.904. The molecule has 0 saturated heterocycles. The maximum Gasteiger partial charge on any atom is 0.143 e. The van der Waals surface area contributed by atoms with Gasteiger partial charge in [-0.3, -0.25) is 0 Å². The van der Waals surface area contributed by atoms with E-state index < -0.39 is 0 Å². The zero-order valence-electron chi connectivity index (χ0n) is 33.2. The number of aromatic nitrogens is 1. The smallest absolute Gasteiger partial charge is 0.143 e. The number of benzene rings is 10. The van der Waals surface area contributed by atoms with E-state index in [1.807, 2.05) is 12.1 Å². The quantitative estimate of drug-likeness (QED) is 0.161. The summed E-state index contributed by atoms with van der Waals surface area (Å²) < 4.78 is 8.81. The first-order valence-corrected chi connectivity index (χ1v) is 20.8. The molecule has 3 nitrogen and oxygen atoms in total. The van der Waals surface area contributed by atoms with Crippen molar-refractivity contribution in [1.29, 1.82) is 0 Å². The van der Waals surface area contributed by atoms with E-state index in [0.717, 1.165) is 61.4 Å². The highest BCUT2D eigenvalue weighted by Gasteiger charge is 2.17. The largest absolute Gasteiger partial charge is 0.455 e. The molecule has 0 atom stereocenters. The standard InChI is InChI=1S/C58H38N2O/c1-2-16-48-40(12-1)13-10-20-49(48)41-28-34-45(35-29-41)59(46-36-30-42(31-37-46)50-21-11-22-54-53-19-5-8-25-57(53)61-58(50)54)44-32-26-39(27-33-44)43-14-9-15-47(38-43)60-55-23-6-3-17-51(55)52-18-4-7-24-56(52)60/h1-38H. The fourth-order valence-corrected chi connectivity index (χ4v) is 9.31. The molecule has 12 aromatic rings. The van der Waals surface area contributed by atoms with Crippen LogP contribution in [-0.2, 0) is 0 Å². The molecule has 0 bridgehead atoms. The van der Waals surface area contributed by atoms with Crippen LogP contribution in [0.25, 0.3) is 93.6 Å². The topological polar surface area (TPSA) is 21.3 Å². The number of hydrogen-bond donors (Lipinski definition) is 0. The van der Waals surface area contributed by atoms with E-state index in [9.17, 15) is 0 Å². The van der Waals surface area contributed by atoms with Crippen LogP contribution in [0.1, 0.15) is 0 Å². The van der Waals surface area contributed by atoms with E-state index in [-0.39, 0.29) is 0 Å². The molecule has 0 aliphatic heterocycles. The first kappa shape index (κ1) is 34.9. The highest BCUT2D eigenvalue weighted by atomic mass is 16.3. The third kappa shape index (κ3) is 5.90. The van der Waals surface area contributed by atoms with Crippen molar-refractivity contribution in [3.8, 4) is 39.1 Å². The second-order valence-electron chi connectivity index (χ2n) is 15.7. The fourth-order valence-electron chi connectivity index (χ4n) is 9.31. The Bertz CT molecular complexity index is 3520. The van der Waals surface area contributed by atoms with E-state index >= 15 is 0 Å². The number of hydrogen-bond acceptors (Lipinski definition) is 2. The summed E-state index contributed by atoms with van der Waals surface area (Å²) in [6.45, 7) is 0. The first-order chi connectivity index (χ1) is 30.2. The predicted octanol–water partition coefficient (Wildman–Crippen LogP) is 16.3. The van der Waals surface area contributed by atoms with Crippen molar-refractivity contribution in [2.75, 3.05) is 4.90 Å². The van der Waals surface area contributed by atoms with Crippen molar-refractivity contribution in [3.63, 3.8) is 0 Å². The van der Waals surface area contributed by atoms with Crippen LogP contribution >= 0.6 is 0 Å². The Morgan fingerprint density at radius 3 is 1.51 bits per heavy atom. The molecule has 0 aliphatic carbocycles. The summed E-state index contributed by atoms with van der Waals surface area (Å²) in [6.07, 6.45) is 0. The third-order valence-corrected chi connectivity index (χ3v) is 12.2. The van der Waals surface area contributed by atoms with Gasteiger partial charge in [0.2, 0.25) is 0 Å². The van der Waals surface area contributed by atoms with E-state index in [4.69, 9.17) is 4.42 Å². The lowest BCUT2D eigenvalue weighted by Crippen LogP contribution is -2.09. The summed E-state index contributed by atoms with van der Waals surface area (Å²) in [5, 5.41) is 7.28. The number of furan rings is 1. The zero-order chi connectivity index (χ0) is 40.3. The molecule has 286 valence electrons.